The van der Waals surface area contributed by atoms with Crippen LogP contribution in [0.2, 0.25) is 5.02 Å². The Balaban J connectivity index is 1.66. The number of nitrogens with zero attached hydrogens (tertiary/aromatic N) is 3. The fourth-order valence-corrected chi connectivity index (χ4v) is 2.88. The Labute approximate surface area is 136 Å². The van der Waals surface area contributed by atoms with Crippen molar-refractivity contribution < 1.29 is 4.79 Å². The second-order valence-corrected chi connectivity index (χ2v) is 6.01. The zero-order valence-electron chi connectivity index (χ0n) is 11.8. The quantitative estimate of drug-likeness (QED) is 0.744. The highest BCUT2D eigenvalue weighted by Gasteiger charge is 2.10. The fraction of sp³-hybridized carbons (Fsp3) is 0.133. The first-order chi connectivity index (χ1) is 10.6. The van der Waals surface area contributed by atoms with Crippen LogP contribution in [0.15, 0.2) is 47.8 Å². The maximum absolute atomic E-state index is 12.1. The van der Waals surface area contributed by atoms with Gasteiger partial charge in [-0.2, -0.15) is 0 Å². The molecular weight excluding hydrogens is 320 g/mol. The molecule has 5 nitrogen and oxygen atoms in total. The number of nitrogens with one attached hydrogen (secondary N) is 1. The molecule has 0 spiro atoms. The molecule has 0 fully saturated rings. The highest BCUT2D eigenvalue weighted by atomic mass is 35.5. The van der Waals surface area contributed by atoms with Crippen LogP contribution in [0.3, 0.4) is 0 Å². The number of pyridine rings is 1. The van der Waals surface area contributed by atoms with Gasteiger partial charge in [-0.3, -0.25) is 9.20 Å². The van der Waals surface area contributed by atoms with Gasteiger partial charge in [-0.1, -0.05) is 35.5 Å². The number of aromatic nitrogens is 3. The Morgan fingerprint density at radius 3 is 3.00 bits per heavy atom. The summed E-state index contributed by atoms with van der Waals surface area (Å²) in [6.45, 7) is 1.87. The first-order valence-electron chi connectivity index (χ1n) is 6.62. The van der Waals surface area contributed by atoms with Crippen LogP contribution in [0.4, 0.5) is 5.69 Å². The molecule has 0 unspecified atom stereocenters. The highest BCUT2D eigenvalue weighted by Crippen LogP contribution is 2.23. The van der Waals surface area contributed by atoms with Crippen LogP contribution in [0.25, 0.3) is 5.65 Å². The van der Waals surface area contributed by atoms with Crippen molar-refractivity contribution in [2.45, 2.75) is 12.1 Å². The molecule has 0 bridgehead atoms. The lowest BCUT2D eigenvalue weighted by Crippen LogP contribution is -2.15. The lowest BCUT2D eigenvalue weighted by molar-refractivity contribution is -0.113. The van der Waals surface area contributed by atoms with Crippen LogP contribution >= 0.6 is 23.4 Å². The molecule has 3 aromatic rings. The van der Waals surface area contributed by atoms with E-state index in [1.54, 1.807) is 6.07 Å². The molecule has 0 atom stereocenters. The van der Waals surface area contributed by atoms with Gasteiger partial charge in [-0.05, 0) is 36.8 Å². The van der Waals surface area contributed by atoms with Gasteiger partial charge in [0.2, 0.25) is 5.91 Å². The Hall–Kier alpha value is -2.05. The first kappa shape index (κ1) is 14.9. The predicted molar refractivity (Wildman–Crippen MR) is 88.5 cm³/mol. The molecule has 22 heavy (non-hydrogen) atoms. The van der Waals surface area contributed by atoms with E-state index in [-0.39, 0.29) is 11.7 Å². The topological polar surface area (TPSA) is 59.3 Å². The number of carbonyl (C=O) groups is 1. The highest BCUT2D eigenvalue weighted by molar-refractivity contribution is 7.99. The number of benzene rings is 1. The van der Waals surface area contributed by atoms with E-state index in [0.717, 1.165) is 16.9 Å². The normalized spacial score (nSPS) is 10.8. The summed E-state index contributed by atoms with van der Waals surface area (Å²) in [5, 5.41) is 12.3. The number of fused-ring (bicyclic) bond motifs is 1. The number of thioether (sulfide) groups is 1. The summed E-state index contributed by atoms with van der Waals surface area (Å²) in [4.78, 5) is 12.1. The van der Waals surface area contributed by atoms with Crippen molar-refractivity contribution in [3.63, 3.8) is 0 Å². The van der Waals surface area contributed by atoms with Crippen LogP contribution in [0, 0.1) is 6.92 Å². The van der Waals surface area contributed by atoms with E-state index in [4.69, 9.17) is 11.6 Å². The number of rotatable bonds is 4. The van der Waals surface area contributed by atoms with Crippen molar-refractivity contribution in [1.29, 1.82) is 0 Å². The Morgan fingerprint density at radius 2 is 2.14 bits per heavy atom. The summed E-state index contributed by atoms with van der Waals surface area (Å²) in [7, 11) is 0. The monoisotopic (exact) mass is 332 g/mol. The zero-order valence-corrected chi connectivity index (χ0v) is 13.4. The number of carbonyl (C=O) groups excluding carboxylic acids is 1. The van der Waals surface area contributed by atoms with E-state index in [1.165, 1.54) is 11.8 Å². The largest absolute Gasteiger partial charge is 0.325 e. The molecule has 7 heteroatoms. The maximum Gasteiger partial charge on any atom is 0.234 e. The van der Waals surface area contributed by atoms with E-state index < -0.39 is 0 Å². The van der Waals surface area contributed by atoms with E-state index in [1.807, 2.05) is 47.9 Å². The van der Waals surface area contributed by atoms with Crippen LogP contribution in [-0.4, -0.2) is 26.3 Å². The molecule has 1 N–H and O–H groups in total. The van der Waals surface area contributed by atoms with Gasteiger partial charge in [-0.15, -0.1) is 10.2 Å². The summed E-state index contributed by atoms with van der Waals surface area (Å²) in [6.07, 6.45) is 1.87. The van der Waals surface area contributed by atoms with Gasteiger partial charge in [0.1, 0.15) is 0 Å². The molecule has 112 valence electrons. The predicted octanol–water partition coefficient (Wildman–Crippen LogP) is 3.42. The maximum atomic E-state index is 12.1. The van der Waals surface area contributed by atoms with Gasteiger partial charge >= 0.3 is 0 Å². The second kappa shape index (κ2) is 6.37. The summed E-state index contributed by atoms with van der Waals surface area (Å²) in [5.74, 6) is 0.143. The second-order valence-electron chi connectivity index (χ2n) is 4.66. The van der Waals surface area contributed by atoms with Gasteiger partial charge < -0.3 is 5.32 Å². The van der Waals surface area contributed by atoms with Crippen LogP contribution in [0.1, 0.15) is 5.56 Å². The van der Waals surface area contributed by atoms with Crippen LogP contribution < -0.4 is 5.32 Å². The molecule has 0 aliphatic rings. The van der Waals surface area contributed by atoms with Gasteiger partial charge in [0.05, 0.1) is 5.75 Å². The number of hydrogen-bond donors (Lipinski definition) is 1. The van der Waals surface area contributed by atoms with E-state index in [9.17, 15) is 4.79 Å². The summed E-state index contributed by atoms with van der Waals surface area (Å²) in [5.41, 5.74) is 2.34. The Bertz CT molecular complexity index is 833. The van der Waals surface area contributed by atoms with Crippen LogP contribution in [0.5, 0.6) is 0 Å². The molecule has 2 aromatic heterocycles. The van der Waals surface area contributed by atoms with E-state index >= 15 is 0 Å². The summed E-state index contributed by atoms with van der Waals surface area (Å²) in [6, 6.07) is 11.1. The van der Waals surface area contributed by atoms with Crippen molar-refractivity contribution >= 4 is 40.6 Å². The minimum absolute atomic E-state index is 0.108. The Morgan fingerprint density at radius 1 is 1.27 bits per heavy atom. The minimum Gasteiger partial charge on any atom is -0.325 e. The molecule has 0 aliphatic carbocycles. The molecule has 0 saturated heterocycles. The average Bonchev–Trinajstić information content (AvgIpc) is 2.93. The number of anilines is 1. The fourth-order valence-electron chi connectivity index (χ4n) is 1.98. The van der Waals surface area contributed by atoms with E-state index in [2.05, 4.69) is 15.5 Å². The van der Waals surface area contributed by atoms with Gasteiger partial charge in [0, 0.05) is 16.9 Å². The third-order valence-corrected chi connectivity index (χ3v) is 4.51. The number of halogens is 1. The van der Waals surface area contributed by atoms with Crippen molar-refractivity contribution in [2.24, 2.45) is 0 Å². The van der Waals surface area contributed by atoms with Gasteiger partial charge in [-0.25, -0.2) is 0 Å². The standard InChI is InChI=1S/C15H13ClN4OS/c1-10-11(16)5-4-6-12(10)17-14(21)9-22-15-19-18-13-7-2-3-8-20(13)15/h2-8H,9H2,1H3,(H,17,21). The smallest absolute Gasteiger partial charge is 0.234 e. The number of hydrogen-bond acceptors (Lipinski definition) is 4. The van der Waals surface area contributed by atoms with E-state index in [0.29, 0.717) is 10.2 Å². The summed E-state index contributed by atoms with van der Waals surface area (Å²) >= 11 is 7.38. The minimum atomic E-state index is -0.108. The lowest BCUT2D eigenvalue weighted by Gasteiger charge is -2.08. The van der Waals surface area contributed by atoms with Crippen molar-refractivity contribution in [2.75, 3.05) is 11.1 Å². The van der Waals surface area contributed by atoms with Crippen molar-refractivity contribution in [3.8, 4) is 0 Å². The molecule has 1 aromatic carbocycles. The molecular formula is C15H13ClN4OS. The summed E-state index contributed by atoms with van der Waals surface area (Å²) < 4.78 is 1.85. The molecule has 0 radical (unpaired) electrons. The molecule has 0 aliphatic heterocycles. The Kier molecular flexibility index (Phi) is 4.31. The van der Waals surface area contributed by atoms with Crippen molar-refractivity contribution in [3.05, 3.63) is 53.2 Å². The first-order valence-corrected chi connectivity index (χ1v) is 7.99. The molecule has 0 saturated carbocycles. The lowest BCUT2D eigenvalue weighted by atomic mass is 10.2. The SMILES string of the molecule is Cc1c(Cl)cccc1NC(=O)CSc1nnc2ccccn12. The third-order valence-electron chi connectivity index (χ3n) is 3.16. The molecule has 2 heterocycles. The third kappa shape index (κ3) is 3.08. The molecule has 3 rings (SSSR count). The van der Waals surface area contributed by atoms with Crippen molar-refractivity contribution in [1.82, 2.24) is 14.6 Å². The zero-order chi connectivity index (χ0) is 15.5. The van der Waals surface area contributed by atoms with Crippen LogP contribution in [-0.2, 0) is 4.79 Å². The average molecular weight is 333 g/mol. The van der Waals surface area contributed by atoms with Gasteiger partial charge in [0.15, 0.2) is 10.8 Å². The number of amides is 1. The van der Waals surface area contributed by atoms with Gasteiger partial charge in [0.25, 0.3) is 0 Å². The molecule has 1 amide bonds.